The van der Waals surface area contributed by atoms with Crippen molar-refractivity contribution in [2.45, 2.75) is 0 Å². The number of carbonyl (C=O) groups excluding carboxylic acids is 1. The van der Waals surface area contributed by atoms with Crippen LogP contribution in [0.5, 0.6) is 0 Å². The third-order valence-electron chi connectivity index (χ3n) is 0.859. The highest BCUT2D eigenvalue weighted by Crippen LogP contribution is 2.11. The van der Waals surface area contributed by atoms with Gasteiger partial charge in [-0.05, 0) is 0 Å². The third-order valence-corrected chi connectivity index (χ3v) is 1.42. The fourth-order valence-electron chi connectivity index (χ4n) is 0.432. The summed E-state index contributed by atoms with van der Waals surface area (Å²) in [5.41, 5.74) is 0. The first-order chi connectivity index (χ1) is 3.33. The minimum atomic E-state index is 0.250. The SMILES string of the molecule is N=PN1CC(=O)C1. The molecule has 1 N–H and O–H groups in total. The van der Waals surface area contributed by atoms with E-state index < -0.39 is 0 Å². The Labute approximate surface area is 43.1 Å². The van der Waals surface area contributed by atoms with Crippen molar-refractivity contribution in [2.75, 3.05) is 13.1 Å². The van der Waals surface area contributed by atoms with Gasteiger partial charge >= 0.3 is 0 Å². The number of nitrogens with zero attached hydrogens (tertiary/aromatic N) is 1. The van der Waals surface area contributed by atoms with Crippen LogP contribution in [0, 0.1) is 5.16 Å². The van der Waals surface area contributed by atoms with Crippen LogP contribution < -0.4 is 0 Å². The second-order valence-corrected chi connectivity index (χ2v) is 2.23. The van der Waals surface area contributed by atoms with Gasteiger partial charge in [-0.3, -0.25) is 9.96 Å². The maximum atomic E-state index is 10.1. The maximum Gasteiger partial charge on any atom is 0.162 e. The summed E-state index contributed by atoms with van der Waals surface area (Å²) in [5.74, 6) is 0.250. The standard InChI is InChI=1S/C3H5N2OP/c4-7-5-1-3(6)2-5/h4H,1-2H2. The summed E-state index contributed by atoms with van der Waals surface area (Å²) in [6.07, 6.45) is 0. The fourth-order valence-corrected chi connectivity index (χ4v) is 0.888. The topological polar surface area (TPSA) is 44.2 Å². The van der Waals surface area contributed by atoms with E-state index in [1.54, 1.807) is 4.67 Å². The lowest BCUT2D eigenvalue weighted by molar-refractivity contribution is -0.125. The molecule has 1 aliphatic rings. The van der Waals surface area contributed by atoms with Gasteiger partial charge in [0.1, 0.15) is 0 Å². The highest BCUT2D eigenvalue weighted by Gasteiger charge is 2.21. The van der Waals surface area contributed by atoms with Gasteiger partial charge in [0, 0.05) is 0 Å². The molecule has 0 radical (unpaired) electrons. The Morgan fingerprint density at radius 1 is 1.71 bits per heavy atom. The number of nitrogens with one attached hydrogen (secondary N) is 1. The number of Topliss-reactive ketones (excluding diaryl/α,β-unsaturated/α-hetero) is 1. The largest absolute Gasteiger partial charge is 0.297 e. The lowest BCUT2D eigenvalue weighted by atomic mass is 10.3. The lowest BCUT2D eigenvalue weighted by Crippen LogP contribution is -2.40. The predicted octanol–water partition coefficient (Wildman–Crippen LogP) is 0.495. The molecule has 1 fully saturated rings. The number of carbonyl (C=O) groups is 1. The molecule has 1 aliphatic heterocycles. The Morgan fingerprint density at radius 2 is 2.29 bits per heavy atom. The average molecular weight is 116 g/mol. The van der Waals surface area contributed by atoms with Crippen molar-refractivity contribution in [1.82, 2.24) is 4.67 Å². The van der Waals surface area contributed by atoms with Gasteiger partial charge in [-0.25, -0.2) is 4.67 Å². The second-order valence-electron chi connectivity index (χ2n) is 1.46. The Balaban J connectivity index is 2.29. The molecule has 0 aliphatic carbocycles. The molecule has 0 aromatic rings. The number of rotatable bonds is 1. The van der Waals surface area contributed by atoms with E-state index in [1.807, 2.05) is 0 Å². The van der Waals surface area contributed by atoms with Gasteiger partial charge in [0.15, 0.2) is 5.78 Å². The van der Waals surface area contributed by atoms with Crippen LogP contribution in [0.15, 0.2) is 0 Å². The second kappa shape index (κ2) is 1.68. The van der Waals surface area contributed by atoms with Gasteiger partial charge in [-0.2, -0.15) is 0 Å². The predicted molar refractivity (Wildman–Crippen MR) is 26.2 cm³/mol. The van der Waals surface area contributed by atoms with Crippen LogP contribution >= 0.6 is 8.52 Å². The van der Waals surface area contributed by atoms with E-state index in [4.69, 9.17) is 5.16 Å². The maximum absolute atomic E-state index is 10.1. The summed E-state index contributed by atoms with van der Waals surface area (Å²) in [5, 5.41) is 6.70. The lowest BCUT2D eigenvalue weighted by Gasteiger charge is -2.21. The Hall–Kier alpha value is -0.270. The first-order valence-corrected chi connectivity index (χ1v) is 2.81. The molecule has 0 unspecified atom stereocenters. The van der Waals surface area contributed by atoms with E-state index >= 15 is 0 Å². The number of ketones is 1. The summed E-state index contributed by atoms with van der Waals surface area (Å²) in [6, 6.07) is 0. The molecule has 0 bridgehead atoms. The van der Waals surface area contributed by atoms with E-state index in [9.17, 15) is 4.79 Å². The zero-order chi connectivity index (χ0) is 5.28. The van der Waals surface area contributed by atoms with E-state index in [-0.39, 0.29) is 5.78 Å². The highest BCUT2D eigenvalue weighted by molar-refractivity contribution is 7.22. The van der Waals surface area contributed by atoms with Crippen LogP contribution in [-0.2, 0) is 4.79 Å². The molecule has 0 spiro atoms. The monoisotopic (exact) mass is 116 g/mol. The van der Waals surface area contributed by atoms with Crippen molar-refractivity contribution in [3.63, 3.8) is 0 Å². The molecule has 1 heterocycles. The molecule has 1 rings (SSSR count). The summed E-state index contributed by atoms with van der Waals surface area (Å²) in [4.78, 5) is 10.1. The van der Waals surface area contributed by atoms with Crippen molar-refractivity contribution in [3.8, 4) is 0 Å². The molecular formula is C3H5N2OP. The smallest absolute Gasteiger partial charge is 0.162 e. The van der Waals surface area contributed by atoms with Crippen molar-refractivity contribution in [1.29, 1.82) is 5.16 Å². The molecule has 1 saturated heterocycles. The van der Waals surface area contributed by atoms with Crippen LogP contribution in [-0.4, -0.2) is 23.5 Å². The number of hydrogen-bond acceptors (Lipinski definition) is 2. The molecule has 0 aromatic carbocycles. The van der Waals surface area contributed by atoms with Gasteiger partial charge in [0.2, 0.25) is 0 Å². The van der Waals surface area contributed by atoms with Gasteiger partial charge in [0.25, 0.3) is 0 Å². The molecule has 38 valence electrons. The first kappa shape index (κ1) is 4.88. The van der Waals surface area contributed by atoms with Crippen molar-refractivity contribution >= 4 is 14.3 Å². The van der Waals surface area contributed by atoms with Crippen LogP contribution in [0.4, 0.5) is 0 Å². The minimum absolute atomic E-state index is 0.250. The normalized spacial score (nSPS) is 22.6. The fraction of sp³-hybridized carbons (Fsp3) is 0.667. The van der Waals surface area contributed by atoms with Gasteiger partial charge in [-0.15, -0.1) is 0 Å². The van der Waals surface area contributed by atoms with Crippen LogP contribution in [0.2, 0.25) is 0 Å². The van der Waals surface area contributed by atoms with E-state index in [0.29, 0.717) is 21.6 Å². The summed E-state index contributed by atoms with van der Waals surface area (Å²) in [7, 11) is 0.472. The van der Waals surface area contributed by atoms with Crippen molar-refractivity contribution in [2.24, 2.45) is 0 Å². The molecule has 0 saturated carbocycles. The van der Waals surface area contributed by atoms with Crippen LogP contribution in [0.1, 0.15) is 0 Å². The zero-order valence-electron chi connectivity index (χ0n) is 3.72. The Morgan fingerprint density at radius 3 is 2.43 bits per heavy atom. The van der Waals surface area contributed by atoms with E-state index in [0.717, 1.165) is 0 Å². The molecule has 0 amide bonds. The van der Waals surface area contributed by atoms with Crippen molar-refractivity contribution in [3.05, 3.63) is 0 Å². The van der Waals surface area contributed by atoms with Gasteiger partial charge in [-0.1, -0.05) is 0 Å². The molecule has 0 aromatic heterocycles. The Bertz CT molecular complexity index is 106. The van der Waals surface area contributed by atoms with Crippen LogP contribution in [0.3, 0.4) is 0 Å². The number of hydrogen-bond donors (Lipinski definition) is 1. The van der Waals surface area contributed by atoms with Crippen LogP contribution in [0.25, 0.3) is 0 Å². The van der Waals surface area contributed by atoms with E-state index in [1.165, 1.54) is 0 Å². The third kappa shape index (κ3) is 0.842. The highest BCUT2D eigenvalue weighted by atomic mass is 31.1. The first-order valence-electron chi connectivity index (χ1n) is 1.97. The van der Waals surface area contributed by atoms with Crippen molar-refractivity contribution < 1.29 is 4.79 Å². The Kier molecular flexibility index (Phi) is 1.17. The molecule has 7 heavy (non-hydrogen) atoms. The van der Waals surface area contributed by atoms with Gasteiger partial charge < -0.3 is 0 Å². The van der Waals surface area contributed by atoms with Gasteiger partial charge in [0.05, 0.1) is 21.6 Å². The molecule has 3 nitrogen and oxygen atoms in total. The summed E-state index contributed by atoms with van der Waals surface area (Å²) in [6.45, 7) is 0.982. The molecular weight excluding hydrogens is 111 g/mol. The average Bonchev–Trinajstić information content (AvgIpc) is 1.58. The minimum Gasteiger partial charge on any atom is -0.297 e. The quantitative estimate of drug-likeness (QED) is 0.507. The zero-order valence-corrected chi connectivity index (χ0v) is 4.61. The summed E-state index contributed by atoms with van der Waals surface area (Å²) >= 11 is 0. The summed E-state index contributed by atoms with van der Waals surface area (Å²) < 4.78 is 1.74. The molecule has 0 atom stereocenters. The molecule has 4 heteroatoms. The van der Waals surface area contributed by atoms with E-state index in [2.05, 4.69) is 0 Å².